The van der Waals surface area contributed by atoms with Crippen LogP contribution < -0.4 is 11.1 Å². The van der Waals surface area contributed by atoms with Gasteiger partial charge in [0, 0.05) is 11.6 Å². The molecule has 1 fully saturated rings. The van der Waals surface area contributed by atoms with Crippen LogP contribution in [0.15, 0.2) is 24.3 Å². The highest BCUT2D eigenvalue weighted by Crippen LogP contribution is 2.24. The van der Waals surface area contributed by atoms with Gasteiger partial charge in [-0.25, -0.2) is 0 Å². The van der Waals surface area contributed by atoms with Crippen molar-refractivity contribution in [3.63, 3.8) is 0 Å². The van der Waals surface area contributed by atoms with Gasteiger partial charge < -0.3 is 11.1 Å². The van der Waals surface area contributed by atoms with E-state index in [4.69, 9.17) is 5.73 Å². The summed E-state index contributed by atoms with van der Waals surface area (Å²) in [6.07, 6.45) is 3.63. The Morgan fingerprint density at radius 3 is 2.58 bits per heavy atom. The summed E-state index contributed by atoms with van der Waals surface area (Å²) in [7, 11) is 0. The van der Waals surface area contributed by atoms with E-state index in [0.717, 1.165) is 31.2 Å². The number of nitrogens with two attached hydrogens (primary N) is 1. The predicted octanol–water partition coefficient (Wildman–Crippen LogP) is 1.77. The van der Waals surface area contributed by atoms with Crippen molar-refractivity contribution in [1.29, 1.82) is 0 Å². The van der Waals surface area contributed by atoms with E-state index in [1.165, 1.54) is 0 Å². The molecule has 0 aromatic heterocycles. The molecule has 2 amide bonds. The Bertz CT molecular complexity index is 485. The Balaban J connectivity index is 2.09. The average molecular weight is 260 g/mol. The van der Waals surface area contributed by atoms with Crippen LogP contribution in [-0.4, -0.2) is 17.9 Å². The number of carbonyl (C=O) groups excluding carboxylic acids is 2. The number of aryl methyl sites for hydroxylation is 1. The van der Waals surface area contributed by atoms with Gasteiger partial charge in [0.2, 0.25) is 5.91 Å². The van der Waals surface area contributed by atoms with E-state index in [-0.39, 0.29) is 23.8 Å². The first-order valence-corrected chi connectivity index (χ1v) is 6.75. The molecule has 2 atom stereocenters. The molecule has 102 valence electrons. The van der Waals surface area contributed by atoms with E-state index in [1.807, 2.05) is 25.1 Å². The first-order chi connectivity index (χ1) is 9.09. The zero-order valence-corrected chi connectivity index (χ0v) is 11.2. The van der Waals surface area contributed by atoms with E-state index in [2.05, 4.69) is 5.32 Å². The number of carbonyl (C=O) groups is 2. The smallest absolute Gasteiger partial charge is 0.251 e. The molecular weight excluding hydrogens is 240 g/mol. The molecule has 0 saturated heterocycles. The maximum absolute atomic E-state index is 12.2. The van der Waals surface area contributed by atoms with Crippen LogP contribution in [-0.2, 0) is 4.79 Å². The normalized spacial score (nSPS) is 22.8. The number of rotatable bonds is 3. The van der Waals surface area contributed by atoms with Crippen molar-refractivity contribution < 1.29 is 9.59 Å². The fourth-order valence-electron chi connectivity index (χ4n) is 2.72. The summed E-state index contributed by atoms with van der Waals surface area (Å²) in [6, 6.07) is 7.32. The molecule has 0 radical (unpaired) electrons. The molecule has 0 bridgehead atoms. The molecule has 1 aromatic carbocycles. The highest BCUT2D eigenvalue weighted by atomic mass is 16.2. The summed E-state index contributed by atoms with van der Waals surface area (Å²) < 4.78 is 0. The number of amides is 2. The average Bonchev–Trinajstić information content (AvgIpc) is 2.39. The van der Waals surface area contributed by atoms with Gasteiger partial charge in [0.1, 0.15) is 0 Å². The zero-order chi connectivity index (χ0) is 13.8. The number of benzene rings is 1. The minimum atomic E-state index is -0.310. The Morgan fingerprint density at radius 2 is 1.89 bits per heavy atom. The fourth-order valence-corrected chi connectivity index (χ4v) is 2.72. The van der Waals surface area contributed by atoms with E-state index in [0.29, 0.717) is 5.56 Å². The zero-order valence-electron chi connectivity index (χ0n) is 11.2. The lowest BCUT2D eigenvalue weighted by Gasteiger charge is -2.30. The molecule has 0 unspecified atom stereocenters. The van der Waals surface area contributed by atoms with Crippen LogP contribution >= 0.6 is 0 Å². The second kappa shape index (κ2) is 5.87. The maximum atomic E-state index is 12.2. The van der Waals surface area contributed by atoms with Crippen LogP contribution in [0.4, 0.5) is 0 Å². The lowest BCUT2D eigenvalue weighted by molar-refractivity contribution is -0.123. The standard InChI is InChI=1S/C15H20N2O2/c1-10-6-2-3-7-11(10)15(19)17-13-9-5-4-8-12(13)14(16)18/h2-3,6-7,12-13H,4-5,8-9H2,1H3,(H2,16,18)(H,17,19)/t12-,13+/m0/s1. The summed E-state index contributed by atoms with van der Waals surface area (Å²) in [5.41, 5.74) is 7.01. The van der Waals surface area contributed by atoms with Crippen LogP contribution in [0.5, 0.6) is 0 Å². The molecule has 1 aliphatic rings. The van der Waals surface area contributed by atoms with Gasteiger partial charge in [-0.05, 0) is 31.4 Å². The molecule has 0 spiro atoms. The molecule has 0 aliphatic heterocycles. The first-order valence-electron chi connectivity index (χ1n) is 6.75. The van der Waals surface area contributed by atoms with Crippen molar-refractivity contribution in [3.05, 3.63) is 35.4 Å². The second-order valence-electron chi connectivity index (χ2n) is 5.19. The third-order valence-corrected chi connectivity index (χ3v) is 3.84. The largest absolute Gasteiger partial charge is 0.369 e. The molecule has 1 aliphatic carbocycles. The Kier molecular flexibility index (Phi) is 4.20. The van der Waals surface area contributed by atoms with Gasteiger partial charge in [-0.1, -0.05) is 31.0 Å². The summed E-state index contributed by atoms with van der Waals surface area (Å²) in [5, 5.41) is 2.97. The van der Waals surface area contributed by atoms with Crippen molar-refractivity contribution >= 4 is 11.8 Å². The van der Waals surface area contributed by atoms with Gasteiger partial charge in [0.15, 0.2) is 0 Å². The number of hydrogen-bond acceptors (Lipinski definition) is 2. The third-order valence-electron chi connectivity index (χ3n) is 3.84. The summed E-state index contributed by atoms with van der Waals surface area (Å²) in [5.74, 6) is -0.659. The van der Waals surface area contributed by atoms with E-state index >= 15 is 0 Å². The van der Waals surface area contributed by atoms with Crippen LogP contribution in [0.1, 0.15) is 41.6 Å². The molecular formula is C15H20N2O2. The molecule has 2 rings (SSSR count). The van der Waals surface area contributed by atoms with Gasteiger partial charge in [0.25, 0.3) is 5.91 Å². The van der Waals surface area contributed by atoms with E-state index < -0.39 is 0 Å². The molecule has 4 nitrogen and oxygen atoms in total. The molecule has 1 aromatic rings. The maximum Gasteiger partial charge on any atom is 0.251 e. The van der Waals surface area contributed by atoms with Gasteiger partial charge in [-0.2, -0.15) is 0 Å². The molecule has 3 N–H and O–H groups in total. The van der Waals surface area contributed by atoms with Crippen LogP contribution in [0, 0.1) is 12.8 Å². The molecule has 0 heterocycles. The topological polar surface area (TPSA) is 72.2 Å². The van der Waals surface area contributed by atoms with Crippen LogP contribution in [0.25, 0.3) is 0 Å². The SMILES string of the molecule is Cc1ccccc1C(=O)N[C@@H]1CCCC[C@@H]1C(N)=O. The number of hydrogen-bond donors (Lipinski definition) is 2. The monoisotopic (exact) mass is 260 g/mol. The van der Waals surface area contributed by atoms with Crippen LogP contribution in [0.3, 0.4) is 0 Å². The van der Waals surface area contributed by atoms with Gasteiger partial charge in [-0.3, -0.25) is 9.59 Å². The van der Waals surface area contributed by atoms with Crippen molar-refractivity contribution in [2.75, 3.05) is 0 Å². The number of nitrogens with one attached hydrogen (secondary N) is 1. The molecule has 1 saturated carbocycles. The third kappa shape index (κ3) is 3.13. The van der Waals surface area contributed by atoms with E-state index in [1.54, 1.807) is 6.07 Å². The van der Waals surface area contributed by atoms with Gasteiger partial charge >= 0.3 is 0 Å². The quantitative estimate of drug-likeness (QED) is 0.869. The minimum absolute atomic E-state index is 0.115. The lowest BCUT2D eigenvalue weighted by Crippen LogP contribution is -2.47. The number of primary amides is 1. The Labute approximate surface area is 113 Å². The van der Waals surface area contributed by atoms with Crippen molar-refractivity contribution in [1.82, 2.24) is 5.32 Å². The van der Waals surface area contributed by atoms with Crippen molar-refractivity contribution in [2.24, 2.45) is 11.7 Å². The highest BCUT2D eigenvalue weighted by Gasteiger charge is 2.30. The molecule has 19 heavy (non-hydrogen) atoms. The lowest BCUT2D eigenvalue weighted by atomic mass is 9.84. The second-order valence-corrected chi connectivity index (χ2v) is 5.19. The van der Waals surface area contributed by atoms with Crippen LogP contribution in [0.2, 0.25) is 0 Å². The minimum Gasteiger partial charge on any atom is -0.369 e. The summed E-state index contributed by atoms with van der Waals surface area (Å²) in [4.78, 5) is 23.7. The van der Waals surface area contributed by atoms with Crippen molar-refractivity contribution in [3.8, 4) is 0 Å². The molecule has 4 heteroatoms. The summed E-state index contributed by atoms with van der Waals surface area (Å²) >= 11 is 0. The fraction of sp³-hybridized carbons (Fsp3) is 0.467. The summed E-state index contributed by atoms with van der Waals surface area (Å²) in [6.45, 7) is 1.90. The first kappa shape index (κ1) is 13.6. The van der Waals surface area contributed by atoms with E-state index in [9.17, 15) is 9.59 Å². The van der Waals surface area contributed by atoms with Gasteiger partial charge in [0.05, 0.1) is 5.92 Å². The predicted molar refractivity (Wildman–Crippen MR) is 73.6 cm³/mol. The Hall–Kier alpha value is -1.84. The Morgan fingerprint density at radius 1 is 1.21 bits per heavy atom. The highest BCUT2D eigenvalue weighted by molar-refractivity contribution is 5.96. The van der Waals surface area contributed by atoms with Crippen molar-refractivity contribution in [2.45, 2.75) is 38.6 Å². The van der Waals surface area contributed by atoms with Gasteiger partial charge in [-0.15, -0.1) is 0 Å².